The number of thiazole rings is 1. The van der Waals surface area contributed by atoms with E-state index in [9.17, 15) is 18.0 Å². The molecule has 1 aromatic carbocycles. The number of halogens is 3. The largest absolute Gasteiger partial charge is 0.477 e. The van der Waals surface area contributed by atoms with Crippen LogP contribution >= 0.6 is 11.3 Å². The average molecular weight is 299 g/mol. The molecule has 0 spiro atoms. The van der Waals surface area contributed by atoms with E-state index < -0.39 is 29.0 Å². The van der Waals surface area contributed by atoms with Gasteiger partial charge < -0.3 is 5.11 Å². The molecule has 0 amide bonds. The fourth-order valence-electron chi connectivity index (χ4n) is 1.97. The van der Waals surface area contributed by atoms with Crippen molar-refractivity contribution in [2.45, 2.75) is 18.8 Å². The monoisotopic (exact) mass is 299 g/mol. The van der Waals surface area contributed by atoms with E-state index in [1.54, 1.807) is 0 Å². The van der Waals surface area contributed by atoms with E-state index in [1.807, 2.05) is 0 Å². The van der Waals surface area contributed by atoms with Crippen LogP contribution in [0.15, 0.2) is 12.1 Å². The fourth-order valence-corrected chi connectivity index (χ4v) is 3.01. The van der Waals surface area contributed by atoms with Crippen molar-refractivity contribution in [3.8, 4) is 10.6 Å². The van der Waals surface area contributed by atoms with E-state index in [-0.39, 0.29) is 15.8 Å². The first-order chi connectivity index (χ1) is 9.47. The number of carboxylic acids is 1. The normalized spacial score (nSPS) is 14.6. The first kappa shape index (κ1) is 13.1. The maximum Gasteiger partial charge on any atom is 0.347 e. The second-order valence-corrected chi connectivity index (χ2v) is 5.56. The van der Waals surface area contributed by atoms with Crippen LogP contribution in [0.25, 0.3) is 10.6 Å². The maximum atomic E-state index is 13.7. The number of aromatic nitrogens is 1. The van der Waals surface area contributed by atoms with Gasteiger partial charge in [0.1, 0.15) is 27.3 Å². The lowest BCUT2D eigenvalue weighted by Gasteiger charge is -2.01. The molecule has 0 atom stereocenters. The molecule has 1 heterocycles. The van der Waals surface area contributed by atoms with E-state index in [2.05, 4.69) is 4.98 Å². The van der Waals surface area contributed by atoms with Gasteiger partial charge in [0.2, 0.25) is 0 Å². The Morgan fingerprint density at radius 2 is 1.85 bits per heavy atom. The molecule has 2 aromatic rings. The molecule has 1 fully saturated rings. The number of nitrogens with zero attached hydrogens (tertiary/aromatic N) is 1. The summed E-state index contributed by atoms with van der Waals surface area (Å²) < 4.78 is 40.3. The molecule has 0 aliphatic heterocycles. The van der Waals surface area contributed by atoms with Gasteiger partial charge in [0, 0.05) is 18.1 Å². The molecule has 1 aliphatic rings. The lowest BCUT2D eigenvalue weighted by atomic mass is 10.2. The molecule has 0 radical (unpaired) electrons. The summed E-state index contributed by atoms with van der Waals surface area (Å²) in [7, 11) is 0. The lowest BCUT2D eigenvalue weighted by molar-refractivity contribution is 0.0700. The van der Waals surface area contributed by atoms with Crippen molar-refractivity contribution in [1.29, 1.82) is 0 Å². The molecule has 0 unspecified atom stereocenters. The summed E-state index contributed by atoms with van der Waals surface area (Å²) in [5.74, 6) is -4.33. The van der Waals surface area contributed by atoms with Crippen molar-refractivity contribution < 1.29 is 23.1 Å². The van der Waals surface area contributed by atoms with E-state index in [4.69, 9.17) is 5.11 Å². The highest BCUT2D eigenvalue weighted by atomic mass is 32.1. The molecule has 104 valence electrons. The van der Waals surface area contributed by atoms with E-state index >= 15 is 0 Å². The minimum absolute atomic E-state index is 0.00868. The molecule has 1 N–H and O–H groups in total. The van der Waals surface area contributed by atoms with Crippen LogP contribution in [0.3, 0.4) is 0 Å². The van der Waals surface area contributed by atoms with Gasteiger partial charge in [-0.05, 0) is 12.8 Å². The summed E-state index contributed by atoms with van der Waals surface area (Å²) >= 11 is 0.710. The number of carbonyl (C=O) groups is 1. The highest BCUT2D eigenvalue weighted by Crippen LogP contribution is 2.44. The Bertz CT molecular complexity index is 687. The van der Waals surface area contributed by atoms with Gasteiger partial charge in [0.25, 0.3) is 0 Å². The number of rotatable bonds is 3. The predicted molar refractivity (Wildman–Crippen MR) is 66.4 cm³/mol. The number of aromatic carboxylic acids is 1. The molecule has 3 nitrogen and oxygen atoms in total. The van der Waals surface area contributed by atoms with Crippen LogP contribution < -0.4 is 0 Å². The van der Waals surface area contributed by atoms with E-state index in [1.165, 1.54) is 0 Å². The standard InChI is InChI=1S/C13H8F3NO2S/c14-6-3-7(15)9(8(16)4-6)12-17-10(5-1-2-5)11(20-12)13(18)19/h3-5H,1-2H2,(H,18,19). The number of carboxylic acid groups (broad SMARTS) is 1. The van der Waals surface area contributed by atoms with E-state index in [0.717, 1.165) is 12.8 Å². The van der Waals surface area contributed by atoms with Gasteiger partial charge in [-0.2, -0.15) is 0 Å². The molecule has 1 saturated carbocycles. The zero-order chi connectivity index (χ0) is 14.4. The summed E-state index contributed by atoms with van der Waals surface area (Å²) in [5, 5.41) is 9.04. The Hall–Kier alpha value is -1.89. The third-order valence-corrected chi connectivity index (χ3v) is 4.11. The molecule has 0 saturated heterocycles. The predicted octanol–water partition coefficient (Wildman–Crippen LogP) is 3.80. The quantitative estimate of drug-likeness (QED) is 0.937. The van der Waals surface area contributed by atoms with Crippen LogP contribution in [0.4, 0.5) is 13.2 Å². The fraction of sp³-hybridized carbons (Fsp3) is 0.231. The van der Waals surface area contributed by atoms with Crippen LogP contribution in [0.2, 0.25) is 0 Å². The SMILES string of the molecule is O=C(O)c1sc(-c2c(F)cc(F)cc2F)nc1C1CC1. The van der Waals surface area contributed by atoms with Crippen molar-refractivity contribution in [1.82, 2.24) is 4.98 Å². The summed E-state index contributed by atoms with van der Waals surface area (Å²) in [6, 6.07) is 1.11. The van der Waals surface area contributed by atoms with Gasteiger partial charge in [0.15, 0.2) is 0 Å². The number of benzene rings is 1. The first-order valence-corrected chi connectivity index (χ1v) is 6.68. The minimum atomic E-state index is -1.17. The highest BCUT2D eigenvalue weighted by molar-refractivity contribution is 7.17. The smallest absolute Gasteiger partial charge is 0.347 e. The van der Waals surface area contributed by atoms with Gasteiger partial charge in [-0.3, -0.25) is 0 Å². The van der Waals surface area contributed by atoms with Gasteiger partial charge in [-0.25, -0.2) is 22.9 Å². The highest BCUT2D eigenvalue weighted by Gasteiger charge is 2.33. The van der Waals surface area contributed by atoms with Gasteiger partial charge in [-0.15, -0.1) is 11.3 Å². The summed E-state index contributed by atoms with van der Waals surface area (Å²) in [6.07, 6.45) is 1.63. The van der Waals surface area contributed by atoms with Crippen molar-refractivity contribution in [2.75, 3.05) is 0 Å². The topological polar surface area (TPSA) is 50.2 Å². The van der Waals surface area contributed by atoms with Gasteiger partial charge >= 0.3 is 5.97 Å². The molecule has 20 heavy (non-hydrogen) atoms. The number of hydrogen-bond donors (Lipinski definition) is 1. The minimum Gasteiger partial charge on any atom is -0.477 e. The van der Waals surface area contributed by atoms with Crippen LogP contribution in [0.5, 0.6) is 0 Å². The van der Waals surface area contributed by atoms with Gasteiger partial charge in [0.05, 0.1) is 11.3 Å². The zero-order valence-electron chi connectivity index (χ0n) is 9.99. The van der Waals surface area contributed by atoms with Crippen LogP contribution in [0.1, 0.15) is 34.1 Å². The van der Waals surface area contributed by atoms with Crippen LogP contribution in [-0.4, -0.2) is 16.1 Å². The number of hydrogen-bond acceptors (Lipinski definition) is 3. The molecule has 1 aromatic heterocycles. The average Bonchev–Trinajstić information content (AvgIpc) is 3.08. The van der Waals surface area contributed by atoms with Crippen molar-refractivity contribution in [2.24, 2.45) is 0 Å². The van der Waals surface area contributed by atoms with Gasteiger partial charge in [-0.1, -0.05) is 0 Å². The van der Waals surface area contributed by atoms with Crippen molar-refractivity contribution in [3.63, 3.8) is 0 Å². The lowest BCUT2D eigenvalue weighted by Crippen LogP contribution is -1.97. The Morgan fingerprint density at radius 3 is 2.35 bits per heavy atom. The van der Waals surface area contributed by atoms with Crippen LogP contribution in [0, 0.1) is 17.5 Å². The van der Waals surface area contributed by atoms with Crippen molar-refractivity contribution >= 4 is 17.3 Å². The summed E-state index contributed by atoms with van der Waals surface area (Å²) in [4.78, 5) is 15.2. The second-order valence-electron chi connectivity index (χ2n) is 4.56. The Morgan fingerprint density at radius 1 is 1.25 bits per heavy atom. The molecule has 1 aliphatic carbocycles. The second kappa shape index (κ2) is 4.59. The zero-order valence-corrected chi connectivity index (χ0v) is 10.8. The Labute approximate surface area is 115 Å². The third kappa shape index (κ3) is 2.18. The molecular formula is C13H8F3NO2S. The summed E-state index contributed by atoms with van der Waals surface area (Å²) in [5.41, 5.74) is -0.119. The van der Waals surface area contributed by atoms with E-state index in [0.29, 0.717) is 29.2 Å². The molecule has 0 bridgehead atoms. The van der Waals surface area contributed by atoms with Crippen LogP contribution in [-0.2, 0) is 0 Å². The molecule has 3 rings (SSSR count). The third-order valence-electron chi connectivity index (χ3n) is 3.03. The summed E-state index contributed by atoms with van der Waals surface area (Å²) in [6.45, 7) is 0. The first-order valence-electron chi connectivity index (χ1n) is 5.86. The Kier molecular flexibility index (Phi) is 3.01. The maximum absolute atomic E-state index is 13.7. The molecular weight excluding hydrogens is 291 g/mol. The molecule has 7 heteroatoms. The van der Waals surface area contributed by atoms with Crippen molar-refractivity contribution in [3.05, 3.63) is 40.2 Å². The Balaban J connectivity index is 2.16.